The lowest BCUT2D eigenvalue weighted by Crippen LogP contribution is -2.22. The molecule has 3 aromatic carbocycles. The fourth-order valence-corrected chi connectivity index (χ4v) is 4.89. The fourth-order valence-electron chi connectivity index (χ4n) is 3.90. The Morgan fingerprint density at radius 1 is 0.943 bits per heavy atom. The van der Waals surface area contributed by atoms with Gasteiger partial charge in [0, 0.05) is 6.42 Å². The molecule has 2 aromatic heterocycles. The molecule has 0 amide bonds. The lowest BCUT2D eigenvalue weighted by Gasteiger charge is -2.13. The monoisotopic (exact) mass is 486 g/mol. The van der Waals surface area contributed by atoms with Gasteiger partial charge in [0.2, 0.25) is 0 Å². The SMILES string of the molecule is CCOc1cc(/C=c2\sc3nc4ccccc4n3c2=O)ccc1OCCCOc1cccc(C)c1. The Bertz CT molecular complexity index is 1590. The fraction of sp³-hybridized carbons (Fsp3) is 0.214. The third kappa shape index (κ3) is 5.00. The molecule has 2 heterocycles. The van der Waals surface area contributed by atoms with Crippen LogP contribution in [0, 0.1) is 6.92 Å². The molecule has 0 N–H and O–H groups in total. The molecule has 0 aliphatic rings. The van der Waals surface area contributed by atoms with Gasteiger partial charge >= 0.3 is 0 Å². The number of hydrogen-bond donors (Lipinski definition) is 0. The van der Waals surface area contributed by atoms with E-state index in [1.54, 1.807) is 4.40 Å². The van der Waals surface area contributed by atoms with Crippen molar-refractivity contribution in [1.29, 1.82) is 0 Å². The highest BCUT2D eigenvalue weighted by Crippen LogP contribution is 2.29. The molecule has 0 bridgehead atoms. The predicted octanol–water partition coefficient (Wildman–Crippen LogP) is 5.01. The summed E-state index contributed by atoms with van der Waals surface area (Å²) in [5.74, 6) is 2.20. The minimum Gasteiger partial charge on any atom is -0.493 e. The number of imidazole rings is 1. The van der Waals surface area contributed by atoms with Crippen molar-refractivity contribution in [3.8, 4) is 17.2 Å². The maximum atomic E-state index is 13.0. The molecule has 0 fully saturated rings. The second-order valence-corrected chi connectivity index (χ2v) is 9.15. The van der Waals surface area contributed by atoms with Gasteiger partial charge in [-0.3, -0.25) is 4.79 Å². The number of hydrogen-bond acceptors (Lipinski definition) is 6. The molecular formula is C28H26N2O4S. The van der Waals surface area contributed by atoms with E-state index >= 15 is 0 Å². The summed E-state index contributed by atoms with van der Waals surface area (Å²) in [4.78, 5) is 18.3. The van der Waals surface area contributed by atoms with Crippen LogP contribution in [0.3, 0.4) is 0 Å². The molecule has 0 unspecified atom stereocenters. The van der Waals surface area contributed by atoms with Crippen LogP contribution < -0.4 is 24.3 Å². The second-order valence-electron chi connectivity index (χ2n) is 8.14. The Balaban J connectivity index is 1.30. The number of nitrogens with zero attached hydrogens (tertiary/aromatic N) is 2. The van der Waals surface area contributed by atoms with Crippen molar-refractivity contribution in [3.63, 3.8) is 0 Å². The number of ether oxygens (including phenoxy) is 3. The molecule has 35 heavy (non-hydrogen) atoms. The maximum absolute atomic E-state index is 13.0. The van der Waals surface area contributed by atoms with Crippen LogP contribution in [0.1, 0.15) is 24.5 Å². The lowest BCUT2D eigenvalue weighted by molar-refractivity contribution is 0.236. The first-order valence-electron chi connectivity index (χ1n) is 11.6. The Kier molecular flexibility index (Phi) is 6.68. The summed E-state index contributed by atoms with van der Waals surface area (Å²) in [7, 11) is 0. The van der Waals surface area contributed by atoms with Gasteiger partial charge in [-0.1, -0.05) is 41.7 Å². The first-order valence-corrected chi connectivity index (χ1v) is 12.4. The summed E-state index contributed by atoms with van der Waals surface area (Å²) >= 11 is 1.38. The lowest BCUT2D eigenvalue weighted by atomic mass is 10.2. The van der Waals surface area contributed by atoms with Crippen molar-refractivity contribution < 1.29 is 14.2 Å². The van der Waals surface area contributed by atoms with Crippen molar-refractivity contribution in [1.82, 2.24) is 9.38 Å². The van der Waals surface area contributed by atoms with Gasteiger partial charge in [-0.2, -0.15) is 0 Å². The molecule has 0 radical (unpaired) electrons. The Labute approximate surface area is 207 Å². The van der Waals surface area contributed by atoms with E-state index in [4.69, 9.17) is 14.2 Å². The largest absolute Gasteiger partial charge is 0.493 e. The summed E-state index contributed by atoms with van der Waals surface area (Å²) in [5.41, 5.74) is 3.63. The minimum atomic E-state index is -0.0643. The molecule has 6 nitrogen and oxygen atoms in total. The minimum absolute atomic E-state index is 0.0643. The first-order chi connectivity index (χ1) is 17.1. The van der Waals surface area contributed by atoms with Gasteiger partial charge in [0.05, 0.1) is 35.4 Å². The summed E-state index contributed by atoms with van der Waals surface area (Å²) in [6.45, 7) is 5.57. The van der Waals surface area contributed by atoms with Crippen LogP contribution in [-0.2, 0) is 0 Å². The summed E-state index contributed by atoms with van der Waals surface area (Å²) in [6.07, 6.45) is 2.62. The zero-order chi connectivity index (χ0) is 24.2. The average Bonchev–Trinajstić information content (AvgIpc) is 3.36. The van der Waals surface area contributed by atoms with E-state index in [2.05, 4.69) is 4.98 Å². The van der Waals surface area contributed by atoms with Gasteiger partial charge in [-0.15, -0.1) is 0 Å². The Morgan fingerprint density at radius 2 is 1.80 bits per heavy atom. The molecule has 0 saturated carbocycles. The summed E-state index contributed by atoms with van der Waals surface area (Å²) in [6, 6.07) is 21.4. The van der Waals surface area contributed by atoms with Gasteiger partial charge < -0.3 is 14.2 Å². The normalized spacial score (nSPS) is 11.9. The number of para-hydroxylation sites is 2. The molecule has 0 saturated heterocycles. The third-order valence-corrected chi connectivity index (χ3v) is 6.48. The number of rotatable bonds is 9. The van der Waals surface area contributed by atoms with Crippen LogP contribution in [0.25, 0.3) is 22.1 Å². The Morgan fingerprint density at radius 3 is 2.66 bits per heavy atom. The number of thiazole rings is 1. The van der Waals surface area contributed by atoms with Crippen molar-refractivity contribution in [2.24, 2.45) is 0 Å². The topological polar surface area (TPSA) is 62.1 Å². The highest BCUT2D eigenvalue weighted by molar-refractivity contribution is 7.15. The van der Waals surface area contributed by atoms with Gasteiger partial charge in [0.1, 0.15) is 5.75 Å². The maximum Gasteiger partial charge on any atom is 0.274 e. The predicted molar refractivity (Wildman–Crippen MR) is 140 cm³/mol. The highest BCUT2D eigenvalue weighted by atomic mass is 32.1. The first kappa shape index (κ1) is 22.9. The number of aryl methyl sites for hydroxylation is 1. The van der Waals surface area contributed by atoms with Gasteiger partial charge in [0.25, 0.3) is 5.56 Å². The van der Waals surface area contributed by atoms with E-state index in [1.165, 1.54) is 16.9 Å². The van der Waals surface area contributed by atoms with E-state index in [-0.39, 0.29) is 5.56 Å². The molecule has 0 atom stereocenters. The molecule has 0 spiro atoms. The Hall–Kier alpha value is -3.84. The summed E-state index contributed by atoms with van der Waals surface area (Å²) < 4.78 is 19.9. The van der Waals surface area contributed by atoms with Gasteiger partial charge in [0.15, 0.2) is 16.5 Å². The van der Waals surface area contributed by atoms with Crippen LogP contribution in [-0.4, -0.2) is 29.2 Å². The highest BCUT2D eigenvalue weighted by Gasteiger charge is 2.11. The van der Waals surface area contributed by atoms with E-state index in [0.29, 0.717) is 40.8 Å². The average molecular weight is 487 g/mol. The third-order valence-electron chi connectivity index (χ3n) is 5.52. The van der Waals surface area contributed by atoms with Crippen molar-refractivity contribution in [3.05, 3.63) is 92.7 Å². The number of benzene rings is 3. The van der Waals surface area contributed by atoms with E-state index in [9.17, 15) is 4.79 Å². The molecule has 0 aliphatic heterocycles. The number of fused-ring (bicyclic) bond motifs is 3. The molecule has 5 rings (SSSR count). The second kappa shape index (κ2) is 10.2. The molecule has 0 aliphatic carbocycles. The van der Waals surface area contributed by atoms with Gasteiger partial charge in [-0.05, 0) is 67.4 Å². The van der Waals surface area contributed by atoms with Crippen LogP contribution in [0.15, 0.2) is 71.5 Å². The molecule has 178 valence electrons. The smallest absolute Gasteiger partial charge is 0.274 e. The molecular weight excluding hydrogens is 460 g/mol. The van der Waals surface area contributed by atoms with Crippen LogP contribution in [0.5, 0.6) is 17.2 Å². The number of aromatic nitrogens is 2. The van der Waals surface area contributed by atoms with Crippen LogP contribution in [0.4, 0.5) is 0 Å². The quantitative estimate of drug-likeness (QED) is 0.274. The van der Waals surface area contributed by atoms with E-state index in [0.717, 1.165) is 28.8 Å². The van der Waals surface area contributed by atoms with E-state index < -0.39 is 0 Å². The van der Waals surface area contributed by atoms with Crippen LogP contribution in [0.2, 0.25) is 0 Å². The zero-order valence-corrected chi connectivity index (χ0v) is 20.5. The zero-order valence-electron chi connectivity index (χ0n) is 19.7. The van der Waals surface area contributed by atoms with E-state index in [1.807, 2.05) is 86.7 Å². The van der Waals surface area contributed by atoms with Crippen molar-refractivity contribution >= 4 is 33.4 Å². The standard InChI is InChI=1S/C28H26N2O4S/c1-3-32-25-17-20(12-13-24(25)34-15-7-14-33-21-9-6-8-19(2)16-21)18-26-27(31)30-23-11-5-4-10-22(23)29-28(30)35-26/h4-6,8-13,16-18H,3,7,14-15H2,1-2H3/b26-18-. The van der Waals surface area contributed by atoms with Crippen LogP contribution >= 0.6 is 11.3 Å². The van der Waals surface area contributed by atoms with Gasteiger partial charge in [-0.25, -0.2) is 9.38 Å². The van der Waals surface area contributed by atoms with Crippen molar-refractivity contribution in [2.75, 3.05) is 19.8 Å². The van der Waals surface area contributed by atoms with Crippen molar-refractivity contribution in [2.45, 2.75) is 20.3 Å². The molecule has 5 aromatic rings. The summed E-state index contributed by atoms with van der Waals surface area (Å²) in [5, 5.41) is 0. The molecule has 7 heteroatoms.